The molecule has 8 heteroatoms. The topological polar surface area (TPSA) is 70.2 Å². The molecule has 2 atom stereocenters. The summed E-state index contributed by atoms with van der Waals surface area (Å²) in [7, 11) is 0. The Morgan fingerprint density at radius 2 is 1.92 bits per heavy atom. The van der Waals surface area contributed by atoms with Crippen LogP contribution in [0.5, 0.6) is 0 Å². The smallest absolute Gasteiger partial charge is 0.241 e. The Balaban J connectivity index is 1.32. The highest BCUT2D eigenvalue weighted by Gasteiger charge is 2.35. The molecule has 138 valence electrons. The van der Waals surface area contributed by atoms with Gasteiger partial charge in [-0.2, -0.15) is 0 Å². The lowest BCUT2D eigenvalue weighted by molar-refractivity contribution is -0.134. The minimum atomic E-state index is -0.249. The van der Waals surface area contributed by atoms with Crippen LogP contribution in [0.2, 0.25) is 0 Å². The van der Waals surface area contributed by atoms with Crippen LogP contribution in [-0.4, -0.2) is 40.1 Å². The third-order valence-corrected chi connectivity index (χ3v) is 6.17. The highest BCUT2D eigenvalue weighted by Crippen LogP contribution is 2.31. The average molecular weight is 375 g/mol. The second kappa shape index (κ2) is 7.38. The number of benzene rings is 1. The molecule has 1 aromatic carbocycles. The Kier molecular flexibility index (Phi) is 4.97. The van der Waals surface area contributed by atoms with Gasteiger partial charge in [-0.3, -0.25) is 4.79 Å². The average Bonchev–Trinajstić information content (AvgIpc) is 3.31. The van der Waals surface area contributed by atoms with Crippen molar-refractivity contribution in [2.75, 3.05) is 13.1 Å². The zero-order chi connectivity index (χ0) is 18.1. The molecule has 0 bridgehead atoms. The van der Waals surface area contributed by atoms with E-state index in [2.05, 4.69) is 21.0 Å². The standard InChI is InChI=1S/C18H22FN5OS/c1-11-20-23-17(26-11)13-6-8-24(9-7-13)18(25)16-10-15(21-22-16)12-2-4-14(19)5-3-12/h2-5,13,15-16,21-22H,6-10H2,1H3. The lowest BCUT2D eigenvalue weighted by atomic mass is 9.96. The first-order valence-corrected chi connectivity index (χ1v) is 9.77. The van der Waals surface area contributed by atoms with Crippen LogP contribution in [-0.2, 0) is 4.79 Å². The molecule has 2 aliphatic heterocycles. The molecule has 1 amide bonds. The van der Waals surface area contributed by atoms with Crippen molar-refractivity contribution in [1.82, 2.24) is 25.9 Å². The van der Waals surface area contributed by atoms with Crippen LogP contribution in [0.25, 0.3) is 0 Å². The molecule has 2 saturated heterocycles. The number of aromatic nitrogens is 2. The maximum Gasteiger partial charge on any atom is 0.241 e. The van der Waals surface area contributed by atoms with Crippen LogP contribution < -0.4 is 10.9 Å². The molecule has 0 spiro atoms. The predicted molar refractivity (Wildman–Crippen MR) is 97.0 cm³/mol. The Hall–Kier alpha value is -1.90. The second-order valence-electron chi connectivity index (χ2n) is 6.94. The van der Waals surface area contributed by atoms with E-state index in [-0.39, 0.29) is 23.8 Å². The van der Waals surface area contributed by atoms with Gasteiger partial charge < -0.3 is 4.90 Å². The van der Waals surface area contributed by atoms with Crippen LogP contribution in [0.1, 0.15) is 46.8 Å². The number of halogens is 1. The molecule has 3 heterocycles. The summed E-state index contributed by atoms with van der Waals surface area (Å²) in [5, 5.41) is 10.4. The van der Waals surface area contributed by atoms with Gasteiger partial charge in [0.15, 0.2) is 0 Å². The number of nitrogens with one attached hydrogen (secondary N) is 2. The number of hydrogen-bond donors (Lipinski definition) is 2. The summed E-state index contributed by atoms with van der Waals surface area (Å²) in [4.78, 5) is 14.8. The molecule has 0 aliphatic carbocycles. The zero-order valence-corrected chi connectivity index (χ0v) is 15.4. The monoisotopic (exact) mass is 375 g/mol. The summed E-state index contributed by atoms with van der Waals surface area (Å²) in [6, 6.07) is 6.20. The number of carbonyl (C=O) groups is 1. The van der Waals surface area contributed by atoms with Crippen LogP contribution in [0.15, 0.2) is 24.3 Å². The number of piperidine rings is 1. The Labute approximate surface area is 155 Å². The molecule has 26 heavy (non-hydrogen) atoms. The summed E-state index contributed by atoms with van der Waals surface area (Å²) < 4.78 is 13.1. The van der Waals surface area contributed by atoms with Crippen molar-refractivity contribution < 1.29 is 9.18 Å². The van der Waals surface area contributed by atoms with Crippen molar-refractivity contribution in [2.45, 2.75) is 44.2 Å². The molecule has 2 fully saturated rings. The number of hydrogen-bond acceptors (Lipinski definition) is 6. The fourth-order valence-electron chi connectivity index (χ4n) is 3.68. The van der Waals surface area contributed by atoms with E-state index in [1.807, 2.05) is 11.8 Å². The summed E-state index contributed by atoms with van der Waals surface area (Å²) in [5.74, 6) is 0.293. The van der Waals surface area contributed by atoms with E-state index in [9.17, 15) is 9.18 Å². The fraction of sp³-hybridized carbons (Fsp3) is 0.500. The van der Waals surface area contributed by atoms with Crippen molar-refractivity contribution in [3.8, 4) is 0 Å². The van der Waals surface area contributed by atoms with Gasteiger partial charge in [-0.05, 0) is 43.9 Å². The number of hydrazine groups is 1. The van der Waals surface area contributed by atoms with Crippen LogP contribution >= 0.6 is 11.3 Å². The first kappa shape index (κ1) is 17.5. The van der Waals surface area contributed by atoms with Gasteiger partial charge in [0.1, 0.15) is 21.9 Å². The maximum absolute atomic E-state index is 13.1. The quantitative estimate of drug-likeness (QED) is 0.862. The molecule has 2 aliphatic rings. The molecule has 2 aromatic rings. The normalized spacial score (nSPS) is 24.2. The largest absolute Gasteiger partial charge is 0.341 e. The first-order chi connectivity index (χ1) is 12.6. The number of nitrogens with zero attached hydrogens (tertiary/aromatic N) is 3. The number of likely N-dealkylation sites (tertiary alicyclic amines) is 1. The number of amides is 1. The summed E-state index contributed by atoms with van der Waals surface area (Å²) in [6.45, 7) is 3.47. The van der Waals surface area contributed by atoms with E-state index in [0.717, 1.165) is 41.5 Å². The summed E-state index contributed by atoms with van der Waals surface area (Å²) in [5.41, 5.74) is 7.26. The fourth-order valence-corrected chi connectivity index (χ4v) is 4.54. The lowest BCUT2D eigenvalue weighted by Gasteiger charge is -2.32. The highest BCUT2D eigenvalue weighted by atomic mass is 32.1. The van der Waals surface area contributed by atoms with Crippen molar-refractivity contribution in [3.63, 3.8) is 0 Å². The minimum absolute atomic E-state index is 0.0199. The molecule has 2 unspecified atom stereocenters. The van der Waals surface area contributed by atoms with Gasteiger partial charge in [-0.25, -0.2) is 15.2 Å². The van der Waals surface area contributed by atoms with Gasteiger partial charge in [0.25, 0.3) is 0 Å². The zero-order valence-electron chi connectivity index (χ0n) is 14.6. The van der Waals surface area contributed by atoms with E-state index in [4.69, 9.17) is 0 Å². The van der Waals surface area contributed by atoms with Crippen LogP contribution in [0.3, 0.4) is 0 Å². The van der Waals surface area contributed by atoms with Crippen molar-refractivity contribution in [3.05, 3.63) is 45.7 Å². The molecular weight excluding hydrogens is 353 g/mol. The van der Waals surface area contributed by atoms with Gasteiger partial charge >= 0.3 is 0 Å². The number of carbonyl (C=O) groups excluding carboxylic acids is 1. The minimum Gasteiger partial charge on any atom is -0.341 e. The van der Waals surface area contributed by atoms with E-state index < -0.39 is 0 Å². The maximum atomic E-state index is 13.1. The third kappa shape index (κ3) is 3.62. The van der Waals surface area contributed by atoms with E-state index in [1.54, 1.807) is 23.5 Å². The van der Waals surface area contributed by atoms with Crippen molar-refractivity contribution in [1.29, 1.82) is 0 Å². The molecular formula is C18H22FN5OS. The van der Waals surface area contributed by atoms with E-state index in [1.165, 1.54) is 12.1 Å². The molecule has 6 nitrogen and oxygen atoms in total. The predicted octanol–water partition coefficient (Wildman–Crippen LogP) is 2.30. The Morgan fingerprint density at radius 3 is 2.58 bits per heavy atom. The Morgan fingerprint density at radius 1 is 1.19 bits per heavy atom. The summed E-state index contributed by atoms with van der Waals surface area (Å²) >= 11 is 1.65. The first-order valence-electron chi connectivity index (χ1n) is 8.95. The Bertz CT molecular complexity index is 772. The molecule has 0 radical (unpaired) electrons. The lowest BCUT2D eigenvalue weighted by Crippen LogP contribution is -2.48. The van der Waals surface area contributed by atoms with Gasteiger partial charge in [-0.1, -0.05) is 12.1 Å². The number of rotatable bonds is 3. The van der Waals surface area contributed by atoms with Gasteiger partial charge in [-0.15, -0.1) is 21.5 Å². The van der Waals surface area contributed by atoms with Gasteiger partial charge in [0, 0.05) is 25.0 Å². The highest BCUT2D eigenvalue weighted by molar-refractivity contribution is 7.11. The van der Waals surface area contributed by atoms with Crippen LogP contribution in [0.4, 0.5) is 4.39 Å². The van der Waals surface area contributed by atoms with Crippen molar-refractivity contribution in [2.24, 2.45) is 0 Å². The molecule has 2 N–H and O–H groups in total. The SMILES string of the molecule is Cc1nnc(C2CCN(C(=O)C3CC(c4ccc(F)cc4)NN3)CC2)s1. The van der Waals surface area contributed by atoms with E-state index >= 15 is 0 Å². The van der Waals surface area contributed by atoms with Gasteiger partial charge in [0.05, 0.1) is 0 Å². The van der Waals surface area contributed by atoms with Gasteiger partial charge in [0.2, 0.25) is 5.91 Å². The molecule has 4 rings (SSSR count). The van der Waals surface area contributed by atoms with E-state index in [0.29, 0.717) is 12.3 Å². The second-order valence-corrected chi connectivity index (χ2v) is 8.15. The number of aryl methyl sites for hydroxylation is 1. The van der Waals surface area contributed by atoms with Crippen LogP contribution in [0, 0.1) is 12.7 Å². The molecule has 0 saturated carbocycles. The molecule has 1 aromatic heterocycles. The van der Waals surface area contributed by atoms with Crippen molar-refractivity contribution >= 4 is 17.2 Å². The summed E-state index contributed by atoms with van der Waals surface area (Å²) in [6.07, 6.45) is 2.53. The third-order valence-electron chi connectivity index (χ3n) is 5.17.